The average molecular weight is 548 g/mol. The van der Waals surface area contributed by atoms with E-state index in [4.69, 9.17) is 9.47 Å². The van der Waals surface area contributed by atoms with Crippen LogP contribution in [0.4, 0.5) is 0 Å². The fourth-order valence-corrected chi connectivity index (χ4v) is 4.49. The number of rotatable bonds is 11. The lowest BCUT2D eigenvalue weighted by atomic mass is 9.90. The number of aromatic amines is 1. The Balaban J connectivity index is 1.48. The maximum Gasteiger partial charge on any atom is 0.244 e. The van der Waals surface area contributed by atoms with Crippen molar-refractivity contribution in [1.29, 1.82) is 0 Å². The molecule has 0 saturated heterocycles. The zero-order valence-corrected chi connectivity index (χ0v) is 22.6. The van der Waals surface area contributed by atoms with Gasteiger partial charge < -0.3 is 30.3 Å². The summed E-state index contributed by atoms with van der Waals surface area (Å²) in [6, 6.07) is 12.8. The van der Waals surface area contributed by atoms with E-state index >= 15 is 0 Å². The van der Waals surface area contributed by atoms with Gasteiger partial charge in [0.05, 0.1) is 24.1 Å². The average Bonchev–Trinajstić information content (AvgIpc) is 3.52. The Kier molecular flexibility index (Phi) is 8.78. The largest absolute Gasteiger partial charge is 0.494 e. The summed E-state index contributed by atoms with van der Waals surface area (Å²) in [7, 11) is 0. The number of ether oxygens (including phenoxy) is 2. The zero-order valence-electron chi connectivity index (χ0n) is 22.6. The van der Waals surface area contributed by atoms with Crippen LogP contribution in [0.15, 0.2) is 54.6 Å². The number of aromatic hydroxyl groups is 2. The third-order valence-electron chi connectivity index (χ3n) is 6.99. The van der Waals surface area contributed by atoms with Crippen molar-refractivity contribution in [3.63, 3.8) is 0 Å². The van der Waals surface area contributed by atoms with Crippen LogP contribution in [0, 0.1) is 12.8 Å². The Morgan fingerprint density at radius 1 is 1.02 bits per heavy atom. The predicted octanol–water partition coefficient (Wildman–Crippen LogP) is 4.14. The second-order valence-corrected chi connectivity index (χ2v) is 9.74. The van der Waals surface area contributed by atoms with Crippen LogP contribution >= 0.6 is 0 Å². The Hall–Kier alpha value is -4.73. The summed E-state index contributed by atoms with van der Waals surface area (Å²) in [5.74, 6) is -1.15. The molecule has 3 aromatic rings. The Labute approximate surface area is 232 Å². The highest BCUT2D eigenvalue weighted by Crippen LogP contribution is 2.33. The number of fused-ring (bicyclic) bond motifs is 1. The number of ketones is 1. The molecule has 2 amide bonds. The van der Waals surface area contributed by atoms with Gasteiger partial charge in [-0.15, -0.1) is 0 Å². The predicted molar refractivity (Wildman–Crippen MR) is 148 cm³/mol. The Bertz CT molecular complexity index is 1410. The molecule has 10 nitrogen and oxygen atoms in total. The van der Waals surface area contributed by atoms with E-state index in [0.717, 1.165) is 11.1 Å². The maximum absolute atomic E-state index is 13.4. The molecule has 1 aromatic heterocycles. The fourth-order valence-electron chi connectivity index (χ4n) is 4.49. The highest BCUT2D eigenvalue weighted by molar-refractivity contribution is 6.05. The molecule has 0 radical (unpaired) electrons. The molecule has 10 heteroatoms. The minimum Gasteiger partial charge on any atom is -0.494 e. The third-order valence-corrected chi connectivity index (χ3v) is 6.99. The second kappa shape index (κ2) is 12.4. The molecule has 0 aliphatic carbocycles. The first-order chi connectivity index (χ1) is 19.2. The standard InChI is InChI=1S/C30H33N3O7/c1-4-17(2)27(28(36)26-18(3)29(37)33-30(26)38)32-25(35)15-21(20-8-6-5-7-9-20)31-24(34)13-11-19-10-12-22-23(14-19)40-16-39-22/h5-14,17,21,27,33,37-38H,4,15-16H2,1-3H3,(H,31,34)(H,32,35)/t17-,21+,27+/m1/s1. The number of hydrogen-bond donors (Lipinski definition) is 5. The van der Waals surface area contributed by atoms with E-state index in [9.17, 15) is 24.6 Å². The molecule has 1 aliphatic heterocycles. The van der Waals surface area contributed by atoms with E-state index in [1.807, 2.05) is 32.0 Å². The first kappa shape index (κ1) is 28.3. The van der Waals surface area contributed by atoms with E-state index in [1.54, 1.807) is 36.4 Å². The molecule has 40 heavy (non-hydrogen) atoms. The molecule has 0 unspecified atom stereocenters. The highest BCUT2D eigenvalue weighted by atomic mass is 16.7. The summed E-state index contributed by atoms with van der Waals surface area (Å²) in [6.45, 7) is 5.37. The van der Waals surface area contributed by atoms with Crippen molar-refractivity contribution in [2.75, 3.05) is 6.79 Å². The molecule has 5 N–H and O–H groups in total. The molecule has 0 saturated carbocycles. The van der Waals surface area contributed by atoms with Crippen molar-refractivity contribution in [2.45, 2.75) is 45.7 Å². The molecule has 0 bridgehead atoms. The number of H-pyrrole nitrogens is 1. The maximum atomic E-state index is 13.4. The van der Waals surface area contributed by atoms with Crippen LogP contribution in [-0.2, 0) is 9.59 Å². The van der Waals surface area contributed by atoms with Gasteiger partial charge in [-0.1, -0.05) is 56.7 Å². The van der Waals surface area contributed by atoms with Crippen LogP contribution in [0.25, 0.3) is 6.08 Å². The molecule has 1 aliphatic rings. The zero-order chi connectivity index (χ0) is 28.8. The third kappa shape index (κ3) is 6.45. The second-order valence-electron chi connectivity index (χ2n) is 9.74. The van der Waals surface area contributed by atoms with Crippen LogP contribution in [0.3, 0.4) is 0 Å². The van der Waals surface area contributed by atoms with Gasteiger partial charge in [-0.2, -0.15) is 0 Å². The van der Waals surface area contributed by atoms with Crippen molar-refractivity contribution in [2.24, 2.45) is 5.92 Å². The number of amides is 2. The van der Waals surface area contributed by atoms with Crippen molar-refractivity contribution in [3.8, 4) is 23.3 Å². The van der Waals surface area contributed by atoms with Crippen LogP contribution in [0.5, 0.6) is 23.3 Å². The van der Waals surface area contributed by atoms with E-state index < -0.39 is 35.6 Å². The number of Topliss-reactive ketones (excluding diaryl/α,β-unsaturated/α-hetero) is 1. The van der Waals surface area contributed by atoms with Gasteiger partial charge in [-0.25, -0.2) is 0 Å². The minimum atomic E-state index is -0.949. The molecule has 2 heterocycles. The first-order valence-electron chi connectivity index (χ1n) is 13.0. The summed E-state index contributed by atoms with van der Waals surface area (Å²) in [6.07, 6.45) is 3.46. The van der Waals surface area contributed by atoms with Gasteiger partial charge in [0.25, 0.3) is 0 Å². The quantitative estimate of drug-likeness (QED) is 0.179. The number of nitrogens with one attached hydrogen (secondary N) is 3. The molecule has 4 rings (SSSR count). The summed E-state index contributed by atoms with van der Waals surface area (Å²) < 4.78 is 10.7. The lowest BCUT2D eigenvalue weighted by Crippen LogP contribution is -2.46. The van der Waals surface area contributed by atoms with Gasteiger partial charge in [-0.05, 0) is 42.2 Å². The lowest BCUT2D eigenvalue weighted by molar-refractivity contribution is -0.123. The SMILES string of the molecule is CC[C@@H](C)[C@H](NC(=O)C[C@H](NC(=O)C=Cc1ccc2c(c1)OCO2)c1ccccc1)C(=O)c1c(O)[nH]c(O)c1C. The number of benzene rings is 2. The van der Waals surface area contributed by atoms with Gasteiger partial charge in [0, 0.05) is 11.6 Å². The smallest absolute Gasteiger partial charge is 0.244 e. The number of carbonyl (C=O) groups excluding carboxylic acids is 3. The number of aromatic nitrogens is 1. The van der Waals surface area contributed by atoms with Crippen LogP contribution in [0.2, 0.25) is 0 Å². The van der Waals surface area contributed by atoms with Crippen molar-refractivity contribution >= 4 is 23.7 Å². The van der Waals surface area contributed by atoms with E-state index in [1.165, 1.54) is 13.0 Å². The van der Waals surface area contributed by atoms with Crippen molar-refractivity contribution < 1.29 is 34.1 Å². The Morgan fingerprint density at radius 2 is 1.75 bits per heavy atom. The van der Waals surface area contributed by atoms with Gasteiger partial charge in [0.15, 0.2) is 23.2 Å². The van der Waals surface area contributed by atoms with Gasteiger partial charge in [0.1, 0.15) is 0 Å². The lowest BCUT2D eigenvalue weighted by Gasteiger charge is -2.25. The molecular weight excluding hydrogens is 514 g/mol. The molecule has 0 spiro atoms. The molecular formula is C30H33N3O7. The number of hydrogen-bond acceptors (Lipinski definition) is 7. The monoisotopic (exact) mass is 547 g/mol. The normalized spacial score (nSPS) is 14.5. The summed E-state index contributed by atoms with van der Waals surface area (Å²) in [4.78, 5) is 41.8. The molecule has 2 aromatic carbocycles. The topological polar surface area (TPSA) is 150 Å². The van der Waals surface area contributed by atoms with Gasteiger partial charge >= 0.3 is 0 Å². The van der Waals surface area contributed by atoms with E-state index in [-0.39, 0.29) is 36.1 Å². The first-order valence-corrected chi connectivity index (χ1v) is 13.0. The highest BCUT2D eigenvalue weighted by Gasteiger charge is 2.32. The van der Waals surface area contributed by atoms with Gasteiger partial charge in [-0.3, -0.25) is 19.4 Å². The van der Waals surface area contributed by atoms with Crippen LogP contribution in [-0.4, -0.2) is 45.6 Å². The van der Waals surface area contributed by atoms with Gasteiger partial charge in [0.2, 0.25) is 24.5 Å². The minimum absolute atomic E-state index is 0.0651. The summed E-state index contributed by atoms with van der Waals surface area (Å²) >= 11 is 0. The number of carbonyl (C=O) groups is 3. The summed E-state index contributed by atoms with van der Waals surface area (Å²) in [5.41, 5.74) is 1.61. The molecule has 3 atom stereocenters. The molecule has 210 valence electrons. The Morgan fingerprint density at radius 3 is 2.42 bits per heavy atom. The van der Waals surface area contributed by atoms with E-state index in [2.05, 4.69) is 15.6 Å². The van der Waals surface area contributed by atoms with Crippen molar-refractivity contribution in [1.82, 2.24) is 15.6 Å². The van der Waals surface area contributed by atoms with E-state index in [0.29, 0.717) is 17.9 Å². The summed E-state index contributed by atoms with van der Waals surface area (Å²) in [5, 5.41) is 25.8. The van der Waals surface area contributed by atoms with Crippen LogP contribution < -0.4 is 20.1 Å². The van der Waals surface area contributed by atoms with Crippen molar-refractivity contribution in [3.05, 3.63) is 76.9 Å². The fraction of sp³-hybridized carbons (Fsp3) is 0.300. The van der Waals surface area contributed by atoms with Crippen LogP contribution in [0.1, 0.15) is 59.8 Å². The molecule has 0 fully saturated rings.